The van der Waals surface area contributed by atoms with Gasteiger partial charge in [-0.1, -0.05) is 11.6 Å². The lowest BCUT2D eigenvalue weighted by molar-refractivity contribution is 0.103. The first-order valence-electron chi connectivity index (χ1n) is 6.29. The van der Waals surface area contributed by atoms with Crippen LogP contribution in [0.4, 0.5) is 5.69 Å². The second-order valence-electron chi connectivity index (χ2n) is 4.68. The van der Waals surface area contributed by atoms with E-state index in [0.717, 1.165) is 4.88 Å². The minimum atomic E-state index is -0.128. The summed E-state index contributed by atoms with van der Waals surface area (Å²) in [6.45, 7) is 5.84. The number of carbonyl (C=O) groups excluding carboxylic acids is 1. The summed E-state index contributed by atoms with van der Waals surface area (Å²) in [6.07, 6.45) is 0.0574. The molecule has 3 nitrogen and oxygen atoms in total. The quantitative estimate of drug-likeness (QED) is 0.885. The molecule has 0 saturated carbocycles. The Morgan fingerprint density at radius 3 is 2.60 bits per heavy atom. The van der Waals surface area contributed by atoms with Crippen molar-refractivity contribution in [2.45, 2.75) is 26.9 Å². The van der Waals surface area contributed by atoms with E-state index in [2.05, 4.69) is 5.32 Å². The van der Waals surface area contributed by atoms with E-state index in [1.807, 2.05) is 32.9 Å². The van der Waals surface area contributed by atoms with Crippen molar-refractivity contribution in [1.82, 2.24) is 0 Å². The molecule has 0 saturated heterocycles. The van der Waals surface area contributed by atoms with E-state index in [-0.39, 0.29) is 12.0 Å². The molecular formula is C15H16ClNO2S. The minimum absolute atomic E-state index is 0.0574. The molecule has 1 amide bonds. The Kier molecular flexibility index (Phi) is 4.68. The molecule has 0 aliphatic heterocycles. The van der Waals surface area contributed by atoms with Crippen LogP contribution in [0.2, 0.25) is 5.02 Å². The van der Waals surface area contributed by atoms with Crippen molar-refractivity contribution >= 4 is 34.5 Å². The lowest BCUT2D eigenvalue weighted by Gasteiger charge is -2.12. The number of amides is 1. The summed E-state index contributed by atoms with van der Waals surface area (Å²) in [7, 11) is 0. The van der Waals surface area contributed by atoms with Crippen LogP contribution in [-0.2, 0) is 0 Å². The van der Waals surface area contributed by atoms with E-state index in [1.165, 1.54) is 11.3 Å². The Morgan fingerprint density at radius 2 is 2.05 bits per heavy atom. The minimum Gasteiger partial charge on any atom is -0.489 e. The highest BCUT2D eigenvalue weighted by Gasteiger charge is 2.10. The average molecular weight is 310 g/mol. The normalized spacial score (nSPS) is 10.7. The van der Waals surface area contributed by atoms with Gasteiger partial charge in [-0.05, 0) is 51.1 Å². The lowest BCUT2D eigenvalue weighted by Crippen LogP contribution is -2.10. The predicted octanol–water partition coefficient (Wildman–Crippen LogP) is 4.75. The first-order chi connectivity index (χ1) is 9.45. The van der Waals surface area contributed by atoms with E-state index in [0.29, 0.717) is 21.3 Å². The predicted molar refractivity (Wildman–Crippen MR) is 84.2 cm³/mol. The van der Waals surface area contributed by atoms with Gasteiger partial charge in [0.05, 0.1) is 16.0 Å². The van der Waals surface area contributed by atoms with Crippen LogP contribution in [0.15, 0.2) is 30.3 Å². The summed E-state index contributed by atoms with van der Waals surface area (Å²) in [6, 6.07) is 8.97. The van der Waals surface area contributed by atoms with Crippen LogP contribution in [0, 0.1) is 6.92 Å². The third-order valence-corrected chi connectivity index (χ3v) is 3.81. The molecule has 0 aliphatic carbocycles. The van der Waals surface area contributed by atoms with Gasteiger partial charge in [0.15, 0.2) is 0 Å². The summed E-state index contributed by atoms with van der Waals surface area (Å²) in [4.78, 5) is 13.8. The van der Waals surface area contributed by atoms with Gasteiger partial charge in [-0.2, -0.15) is 0 Å². The number of carbonyl (C=O) groups is 1. The van der Waals surface area contributed by atoms with Crippen molar-refractivity contribution in [3.05, 3.63) is 45.1 Å². The molecule has 1 N–H and O–H groups in total. The molecule has 0 fully saturated rings. The van der Waals surface area contributed by atoms with Gasteiger partial charge in [-0.25, -0.2) is 0 Å². The molecule has 20 heavy (non-hydrogen) atoms. The van der Waals surface area contributed by atoms with Crippen LogP contribution in [-0.4, -0.2) is 12.0 Å². The fourth-order valence-corrected chi connectivity index (χ4v) is 2.67. The van der Waals surface area contributed by atoms with Gasteiger partial charge in [0, 0.05) is 10.6 Å². The average Bonchev–Trinajstić information content (AvgIpc) is 2.79. The Morgan fingerprint density at radius 1 is 1.30 bits per heavy atom. The number of anilines is 1. The van der Waals surface area contributed by atoms with Gasteiger partial charge in [0.2, 0.25) is 0 Å². The van der Waals surface area contributed by atoms with Gasteiger partial charge in [0.25, 0.3) is 5.91 Å². The number of thiophene rings is 1. The number of benzene rings is 1. The smallest absolute Gasteiger partial charge is 0.265 e. The third-order valence-electron chi connectivity index (χ3n) is 2.52. The van der Waals surface area contributed by atoms with E-state index in [9.17, 15) is 4.79 Å². The summed E-state index contributed by atoms with van der Waals surface area (Å²) < 4.78 is 5.55. The highest BCUT2D eigenvalue weighted by Crippen LogP contribution is 2.29. The second kappa shape index (κ2) is 6.29. The van der Waals surface area contributed by atoms with E-state index in [1.54, 1.807) is 18.2 Å². The number of rotatable bonds is 4. The summed E-state index contributed by atoms with van der Waals surface area (Å²) in [5.41, 5.74) is 0.655. The van der Waals surface area contributed by atoms with Crippen molar-refractivity contribution < 1.29 is 9.53 Å². The van der Waals surface area contributed by atoms with Gasteiger partial charge >= 0.3 is 0 Å². The fourth-order valence-electron chi connectivity index (χ4n) is 1.68. The van der Waals surface area contributed by atoms with E-state index < -0.39 is 0 Å². The summed E-state index contributed by atoms with van der Waals surface area (Å²) in [5.74, 6) is 0.489. The lowest BCUT2D eigenvalue weighted by atomic mass is 10.3. The Balaban J connectivity index is 2.10. The van der Waals surface area contributed by atoms with Crippen molar-refractivity contribution in [3.8, 4) is 5.75 Å². The van der Waals surface area contributed by atoms with Gasteiger partial charge < -0.3 is 10.1 Å². The fraction of sp³-hybridized carbons (Fsp3) is 0.267. The van der Waals surface area contributed by atoms with Gasteiger partial charge in [-0.3, -0.25) is 4.79 Å². The van der Waals surface area contributed by atoms with Crippen molar-refractivity contribution in [2.75, 3.05) is 5.32 Å². The topological polar surface area (TPSA) is 38.3 Å². The molecule has 5 heteroatoms. The number of hydrogen-bond donors (Lipinski definition) is 1. The van der Waals surface area contributed by atoms with E-state index >= 15 is 0 Å². The standard InChI is InChI=1S/C15H16ClNO2S/c1-9(2)19-13-6-5-11(8-12(13)16)17-15(18)14-7-4-10(3)20-14/h4-9H,1-3H3,(H,17,18). The molecule has 1 heterocycles. The van der Waals surface area contributed by atoms with Crippen molar-refractivity contribution in [3.63, 3.8) is 0 Å². The number of halogens is 1. The van der Waals surface area contributed by atoms with Crippen LogP contribution < -0.4 is 10.1 Å². The molecule has 0 aliphatic rings. The first-order valence-corrected chi connectivity index (χ1v) is 7.49. The Labute approximate surface area is 127 Å². The summed E-state index contributed by atoms with van der Waals surface area (Å²) >= 11 is 7.59. The number of aryl methyl sites for hydroxylation is 1. The van der Waals surface area contributed by atoms with Crippen molar-refractivity contribution in [2.24, 2.45) is 0 Å². The highest BCUT2D eigenvalue weighted by molar-refractivity contribution is 7.14. The second-order valence-corrected chi connectivity index (χ2v) is 6.37. The van der Waals surface area contributed by atoms with Crippen LogP contribution in [0.1, 0.15) is 28.4 Å². The number of hydrogen-bond acceptors (Lipinski definition) is 3. The maximum atomic E-state index is 12.0. The molecule has 0 atom stereocenters. The Hall–Kier alpha value is -1.52. The molecular weight excluding hydrogens is 294 g/mol. The zero-order chi connectivity index (χ0) is 14.7. The van der Waals surface area contributed by atoms with Crippen LogP contribution in [0.3, 0.4) is 0 Å². The zero-order valence-corrected chi connectivity index (χ0v) is 13.1. The molecule has 1 aromatic heterocycles. The van der Waals surface area contributed by atoms with Gasteiger partial charge in [0.1, 0.15) is 5.75 Å². The first kappa shape index (κ1) is 14.9. The molecule has 0 bridgehead atoms. The molecule has 1 aromatic carbocycles. The largest absolute Gasteiger partial charge is 0.489 e. The van der Waals surface area contributed by atoms with Gasteiger partial charge in [-0.15, -0.1) is 11.3 Å². The maximum Gasteiger partial charge on any atom is 0.265 e. The number of nitrogens with one attached hydrogen (secondary N) is 1. The zero-order valence-electron chi connectivity index (χ0n) is 11.6. The Bertz CT molecular complexity index is 622. The molecule has 0 spiro atoms. The van der Waals surface area contributed by atoms with Crippen molar-refractivity contribution in [1.29, 1.82) is 0 Å². The van der Waals surface area contributed by atoms with E-state index in [4.69, 9.17) is 16.3 Å². The third kappa shape index (κ3) is 3.74. The summed E-state index contributed by atoms with van der Waals surface area (Å²) in [5, 5.41) is 3.31. The monoisotopic (exact) mass is 309 g/mol. The SMILES string of the molecule is Cc1ccc(C(=O)Nc2ccc(OC(C)C)c(Cl)c2)s1. The maximum absolute atomic E-state index is 12.0. The molecule has 106 valence electrons. The van der Waals surface area contributed by atoms with Crippen LogP contribution >= 0.6 is 22.9 Å². The molecule has 0 radical (unpaired) electrons. The highest BCUT2D eigenvalue weighted by atomic mass is 35.5. The molecule has 0 unspecified atom stereocenters. The molecule has 2 aromatic rings. The molecule has 2 rings (SSSR count). The number of ether oxygens (including phenoxy) is 1. The van der Waals surface area contributed by atoms with Crippen LogP contribution in [0.25, 0.3) is 0 Å². The van der Waals surface area contributed by atoms with Crippen LogP contribution in [0.5, 0.6) is 5.75 Å².